The van der Waals surface area contributed by atoms with Crippen LogP contribution in [0.4, 0.5) is 0 Å². The lowest BCUT2D eigenvalue weighted by Gasteiger charge is -2.20. The van der Waals surface area contributed by atoms with Crippen LogP contribution in [0.15, 0.2) is 36.5 Å². The summed E-state index contributed by atoms with van der Waals surface area (Å²) >= 11 is 0. The zero-order chi connectivity index (χ0) is 59.2. The number of allylic oxidation sites excluding steroid dienone is 5. The molecule has 3 N–H and O–H groups in total. The number of carbonyl (C=O) groups excluding carboxylic acids is 2. The monoisotopic (exact) mass is 1150 g/mol. The standard InChI is InChI=1S/C76H145NO5/c1-3-5-7-9-11-13-15-16-17-18-36-40-43-46-50-54-58-62-66-70-76(81)82-71-67-63-59-55-51-47-44-41-38-35-33-31-29-27-25-23-21-19-20-22-24-26-28-30-32-34-37-39-42-45-49-53-57-61-65-69-75(80)77-73(72-78)74(79)68-64-60-56-52-48-14-12-10-8-6-4-2/h11,13,16-17,64,68,73-74,78-79H,3-10,12,14-15,18-63,65-67,69-72H2,1-2H3,(H,77,80)/b13-11-,17-16-,68-64+. The van der Waals surface area contributed by atoms with Crippen LogP contribution in [-0.2, 0) is 14.3 Å². The number of hydrogen-bond donors (Lipinski definition) is 3. The summed E-state index contributed by atoms with van der Waals surface area (Å²) in [5.41, 5.74) is 0. The molecule has 0 aliphatic rings. The molecule has 6 nitrogen and oxygen atoms in total. The molecule has 0 rings (SSSR count). The van der Waals surface area contributed by atoms with Gasteiger partial charge < -0.3 is 20.3 Å². The van der Waals surface area contributed by atoms with Crippen LogP contribution in [-0.4, -0.2) is 47.4 Å². The van der Waals surface area contributed by atoms with E-state index < -0.39 is 12.1 Å². The van der Waals surface area contributed by atoms with Crippen molar-refractivity contribution in [1.82, 2.24) is 5.32 Å². The number of rotatable bonds is 70. The minimum Gasteiger partial charge on any atom is -0.466 e. The van der Waals surface area contributed by atoms with Gasteiger partial charge in [-0.15, -0.1) is 0 Å². The summed E-state index contributed by atoms with van der Waals surface area (Å²) < 4.78 is 5.51. The van der Waals surface area contributed by atoms with E-state index in [1.54, 1.807) is 6.08 Å². The number of aliphatic hydroxyl groups is 2. The second-order valence-corrected chi connectivity index (χ2v) is 25.6. The molecule has 0 saturated heterocycles. The first-order valence-electron chi connectivity index (χ1n) is 37.3. The Labute approximate surface area is 513 Å². The Kier molecular flexibility index (Phi) is 69.9. The SMILES string of the molecule is CCCCC/C=C\C/C=C\CCCCCCCCCCCC(=O)OCCCCCCCCCCCCCCCCCCCCCCCCCCCCCCCCCCCCCC(=O)NC(CO)C(O)/C=C/CCCCCCCCCCC. The van der Waals surface area contributed by atoms with Crippen LogP contribution < -0.4 is 5.32 Å². The van der Waals surface area contributed by atoms with Gasteiger partial charge >= 0.3 is 5.97 Å². The van der Waals surface area contributed by atoms with E-state index in [1.165, 1.54) is 340 Å². The molecule has 0 fully saturated rings. The highest BCUT2D eigenvalue weighted by atomic mass is 16.5. The number of hydrogen-bond acceptors (Lipinski definition) is 5. The molecule has 0 aromatic heterocycles. The van der Waals surface area contributed by atoms with Crippen molar-refractivity contribution in [3.63, 3.8) is 0 Å². The molecule has 1 amide bonds. The highest BCUT2D eigenvalue weighted by molar-refractivity contribution is 5.76. The van der Waals surface area contributed by atoms with Gasteiger partial charge in [-0.1, -0.05) is 371 Å². The maximum atomic E-state index is 12.4. The van der Waals surface area contributed by atoms with Crippen molar-refractivity contribution < 1.29 is 24.5 Å². The molecule has 0 aromatic carbocycles. The zero-order valence-electron chi connectivity index (χ0n) is 55.5. The Balaban J connectivity index is 3.29. The molecular formula is C76H145NO5. The van der Waals surface area contributed by atoms with Gasteiger partial charge in [0, 0.05) is 12.8 Å². The first-order chi connectivity index (χ1) is 40.5. The lowest BCUT2D eigenvalue weighted by molar-refractivity contribution is -0.143. The van der Waals surface area contributed by atoms with Crippen LogP contribution in [0.25, 0.3) is 0 Å². The summed E-state index contributed by atoms with van der Waals surface area (Å²) in [7, 11) is 0. The van der Waals surface area contributed by atoms with Crippen molar-refractivity contribution in [3.8, 4) is 0 Å². The van der Waals surface area contributed by atoms with Gasteiger partial charge in [-0.05, 0) is 64.2 Å². The Morgan fingerprint density at radius 3 is 0.951 bits per heavy atom. The number of carbonyl (C=O) groups is 2. The molecule has 0 saturated carbocycles. The molecule has 484 valence electrons. The van der Waals surface area contributed by atoms with Crippen molar-refractivity contribution in [2.45, 2.75) is 424 Å². The van der Waals surface area contributed by atoms with Crippen LogP contribution in [0.2, 0.25) is 0 Å². The largest absolute Gasteiger partial charge is 0.466 e. The average Bonchev–Trinajstić information content (AvgIpc) is 3.48. The first-order valence-corrected chi connectivity index (χ1v) is 37.3. The number of ether oxygens (including phenoxy) is 1. The van der Waals surface area contributed by atoms with Gasteiger partial charge in [0.05, 0.1) is 25.4 Å². The van der Waals surface area contributed by atoms with Gasteiger partial charge in [-0.25, -0.2) is 0 Å². The fraction of sp³-hybridized carbons (Fsp3) is 0.895. The Morgan fingerprint density at radius 1 is 0.341 bits per heavy atom. The Hall–Kier alpha value is -1.92. The predicted octanol–water partition coefficient (Wildman–Crippen LogP) is 24.3. The number of nitrogens with one attached hydrogen (secondary N) is 1. The third-order valence-electron chi connectivity index (χ3n) is 17.4. The van der Waals surface area contributed by atoms with E-state index in [1.807, 2.05) is 6.08 Å². The van der Waals surface area contributed by atoms with Crippen LogP contribution in [0.3, 0.4) is 0 Å². The van der Waals surface area contributed by atoms with E-state index in [0.29, 0.717) is 19.4 Å². The lowest BCUT2D eigenvalue weighted by atomic mass is 10.0. The van der Waals surface area contributed by atoms with Crippen molar-refractivity contribution in [2.24, 2.45) is 0 Å². The van der Waals surface area contributed by atoms with E-state index >= 15 is 0 Å². The summed E-state index contributed by atoms with van der Waals surface area (Å²) in [6.45, 7) is 4.90. The molecule has 82 heavy (non-hydrogen) atoms. The van der Waals surface area contributed by atoms with Crippen molar-refractivity contribution >= 4 is 11.9 Å². The smallest absolute Gasteiger partial charge is 0.305 e. The Bertz CT molecular complexity index is 1330. The summed E-state index contributed by atoms with van der Waals surface area (Å²) in [5.74, 6) is -0.0433. The molecule has 0 aromatic rings. The van der Waals surface area contributed by atoms with Gasteiger partial charge in [0.15, 0.2) is 0 Å². The molecule has 2 unspecified atom stereocenters. The Morgan fingerprint density at radius 2 is 0.610 bits per heavy atom. The minimum atomic E-state index is -0.839. The normalized spacial score (nSPS) is 12.7. The van der Waals surface area contributed by atoms with Crippen LogP contribution >= 0.6 is 0 Å². The minimum absolute atomic E-state index is 0.0190. The summed E-state index contributed by atoms with van der Waals surface area (Å²) in [5, 5.41) is 23.1. The quantitative estimate of drug-likeness (QED) is 0.0320. The number of amides is 1. The first kappa shape index (κ1) is 80.1. The molecule has 0 heterocycles. The highest BCUT2D eigenvalue weighted by Gasteiger charge is 2.18. The third kappa shape index (κ3) is 67.2. The highest BCUT2D eigenvalue weighted by Crippen LogP contribution is 2.19. The topological polar surface area (TPSA) is 95.9 Å². The van der Waals surface area contributed by atoms with Gasteiger partial charge in [-0.2, -0.15) is 0 Å². The van der Waals surface area contributed by atoms with Gasteiger partial charge in [0.1, 0.15) is 0 Å². The number of esters is 1. The maximum absolute atomic E-state index is 12.4. The fourth-order valence-electron chi connectivity index (χ4n) is 11.7. The van der Waals surface area contributed by atoms with E-state index in [-0.39, 0.29) is 18.5 Å². The molecule has 0 aliphatic carbocycles. The van der Waals surface area contributed by atoms with Crippen molar-refractivity contribution in [1.29, 1.82) is 0 Å². The third-order valence-corrected chi connectivity index (χ3v) is 17.4. The molecule has 0 radical (unpaired) electrons. The summed E-state index contributed by atoms with van der Waals surface area (Å²) in [6, 6.07) is -0.622. The van der Waals surface area contributed by atoms with E-state index in [4.69, 9.17) is 4.74 Å². The van der Waals surface area contributed by atoms with Crippen LogP contribution in [0, 0.1) is 0 Å². The molecule has 0 aliphatic heterocycles. The van der Waals surface area contributed by atoms with E-state index in [9.17, 15) is 19.8 Å². The zero-order valence-corrected chi connectivity index (χ0v) is 55.5. The second-order valence-electron chi connectivity index (χ2n) is 25.6. The molecule has 6 heteroatoms. The van der Waals surface area contributed by atoms with Crippen LogP contribution in [0.1, 0.15) is 412 Å². The molecular weight excluding hydrogens is 1010 g/mol. The van der Waals surface area contributed by atoms with Gasteiger partial charge in [0.25, 0.3) is 0 Å². The maximum Gasteiger partial charge on any atom is 0.305 e. The van der Waals surface area contributed by atoms with Crippen molar-refractivity contribution in [3.05, 3.63) is 36.5 Å². The predicted molar refractivity (Wildman–Crippen MR) is 361 cm³/mol. The molecule has 0 bridgehead atoms. The van der Waals surface area contributed by atoms with E-state index in [2.05, 4.69) is 43.5 Å². The lowest BCUT2D eigenvalue weighted by Crippen LogP contribution is -2.45. The van der Waals surface area contributed by atoms with Crippen molar-refractivity contribution in [2.75, 3.05) is 13.2 Å². The molecule has 2 atom stereocenters. The number of unbranched alkanes of at least 4 members (excludes halogenated alkanes) is 55. The number of aliphatic hydroxyl groups excluding tert-OH is 2. The average molecular weight is 1150 g/mol. The molecule has 0 spiro atoms. The van der Waals surface area contributed by atoms with E-state index in [0.717, 1.165) is 44.9 Å². The second kappa shape index (κ2) is 71.6. The van der Waals surface area contributed by atoms with Crippen LogP contribution in [0.5, 0.6) is 0 Å². The summed E-state index contributed by atoms with van der Waals surface area (Å²) in [6.07, 6.45) is 92.6. The van der Waals surface area contributed by atoms with Gasteiger partial charge in [-0.3, -0.25) is 9.59 Å². The van der Waals surface area contributed by atoms with Gasteiger partial charge in [0.2, 0.25) is 5.91 Å². The summed E-state index contributed by atoms with van der Waals surface area (Å²) in [4.78, 5) is 24.6. The fourth-order valence-corrected chi connectivity index (χ4v) is 11.7.